The van der Waals surface area contributed by atoms with E-state index in [-0.39, 0.29) is 5.69 Å². The molecule has 0 spiro atoms. The molecule has 0 bridgehead atoms. The van der Waals surface area contributed by atoms with Crippen LogP contribution in [-0.2, 0) is 6.54 Å². The quantitative estimate of drug-likeness (QED) is 0.626. The normalized spacial score (nSPS) is 12.9. The van der Waals surface area contributed by atoms with Gasteiger partial charge in [0.15, 0.2) is 0 Å². The Morgan fingerprint density at radius 2 is 2.38 bits per heavy atom. The second kappa shape index (κ2) is 3.90. The molecule has 1 atom stereocenters. The van der Waals surface area contributed by atoms with Crippen LogP contribution in [0, 0.1) is 10.1 Å². The van der Waals surface area contributed by atoms with E-state index in [1.165, 1.54) is 12.1 Å². The average molecular weight is 221 g/mol. The van der Waals surface area contributed by atoms with Gasteiger partial charge in [0.05, 0.1) is 29.3 Å². The third-order valence-electron chi connectivity index (χ3n) is 2.27. The minimum Gasteiger partial charge on any atom is -0.391 e. The summed E-state index contributed by atoms with van der Waals surface area (Å²) < 4.78 is 1.63. The molecule has 1 heterocycles. The van der Waals surface area contributed by atoms with Crippen molar-refractivity contribution in [2.24, 2.45) is 0 Å². The van der Waals surface area contributed by atoms with Gasteiger partial charge in [-0.15, -0.1) is 0 Å². The van der Waals surface area contributed by atoms with E-state index >= 15 is 0 Å². The smallest absolute Gasteiger partial charge is 0.270 e. The topological polar surface area (TPSA) is 81.2 Å². The number of nitro groups is 1. The molecule has 0 aliphatic carbocycles. The van der Waals surface area contributed by atoms with E-state index in [0.717, 1.165) is 5.52 Å². The number of hydrogen-bond acceptors (Lipinski definition) is 4. The first-order valence-corrected chi connectivity index (χ1v) is 4.86. The van der Waals surface area contributed by atoms with Crippen molar-refractivity contribution in [2.45, 2.75) is 19.6 Å². The predicted molar refractivity (Wildman–Crippen MR) is 58.1 cm³/mol. The lowest BCUT2D eigenvalue weighted by Crippen LogP contribution is -2.12. The van der Waals surface area contributed by atoms with E-state index in [0.29, 0.717) is 11.9 Å². The van der Waals surface area contributed by atoms with Gasteiger partial charge < -0.3 is 5.11 Å². The Bertz CT molecular complexity index is 533. The molecule has 1 aromatic heterocycles. The fourth-order valence-electron chi connectivity index (χ4n) is 1.58. The minimum atomic E-state index is -0.502. The Hall–Kier alpha value is -1.95. The summed E-state index contributed by atoms with van der Waals surface area (Å²) in [7, 11) is 0. The molecule has 0 radical (unpaired) electrons. The molecule has 2 rings (SSSR count). The minimum absolute atomic E-state index is 0.0455. The van der Waals surface area contributed by atoms with Gasteiger partial charge in [0, 0.05) is 17.5 Å². The molecule has 0 fully saturated rings. The van der Waals surface area contributed by atoms with E-state index in [1.807, 2.05) is 0 Å². The highest BCUT2D eigenvalue weighted by molar-refractivity contribution is 5.81. The van der Waals surface area contributed by atoms with E-state index in [1.54, 1.807) is 23.9 Å². The molecule has 0 saturated carbocycles. The SMILES string of the molecule is C[C@H](O)Cn1ncc2cc([N+](=O)[O-])ccc21. The van der Waals surface area contributed by atoms with E-state index < -0.39 is 11.0 Å². The zero-order valence-electron chi connectivity index (χ0n) is 8.70. The third-order valence-corrected chi connectivity index (χ3v) is 2.27. The van der Waals surface area contributed by atoms with Gasteiger partial charge in [0.25, 0.3) is 5.69 Å². The number of benzene rings is 1. The molecule has 1 aromatic carbocycles. The number of aromatic nitrogens is 2. The van der Waals surface area contributed by atoms with Crippen LogP contribution in [0.1, 0.15) is 6.92 Å². The van der Waals surface area contributed by atoms with E-state index in [2.05, 4.69) is 5.10 Å². The van der Waals surface area contributed by atoms with Crippen molar-refractivity contribution in [1.29, 1.82) is 0 Å². The van der Waals surface area contributed by atoms with Crippen LogP contribution in [0.2, 0.25) is 0 Å². The molecule has 0 amide bonds. The molecule has 0 unspecified atom stereocenters. The highest BCUT2D eigenvalue weighted by atomic mass is 16.6. The van der Waals surface area contributed by atoms with Crippen LogP contribution in [0.25, 0.3) is 10.9 Å². The molecule has 0 aliphatic heterocycles. The van der Waals surface area contributed by atoms with Crippen LogP contribution in [0.5, 0.6) is 0 Å². The van der Waals surface area contributed by atoms with Crippen molar-refractivity contribution < 1.29 is 10.0 Å². The molecule has 0 saturated heterocycles. The van der Waals surface area contributed by atoms with Crippen molar-refractivity contribution in [3.05, 3.63) is 34.5 Å². The first-order valence-electron chi connectivity index (χ1n) is 4.86. The predicted octanol–water partition coefficient (Wildman–Crippen LogP) is 1.33. The summed E-state index contributed by atoms with van der Waals surface area (Å²) in [5.74, 6) is 0. The second-order valence-electron chi connectivity index (χ2n) is 3.68. The standard InChI is InChI=1S/C10H11N3O3/c1-7(14)6-12-10-3-2-9(13(15)16)4-8(10)5-11-12/h2-5,7,14H,6H2,1H3/t7-/m0/s1. The van der Waals surface area contributed by atoms with Crippen molar-refractivity contribution in [3.8, 4) is 0 Å². The lowest BCUT2D eigenvalue weighted by molar-refractivity contribution is -0.384. The Balaban J connectivity index is 2.46. The number of nitro benzene ring substituents is 1. The molecule has 1 N–H and O–H groups in total. The largest absolute Gasteiger partial charge is 0.391 e. The Morgan fingerprint density at radius 1 is 1.62 bits per heavy atom. The highest BCUT2D eigenvalue weighted by Gasteiger charge is 2.10. The van der Waals surface area contributed by atoms with Crippen molar-refractivity contribution >= 4 is 16.6 Å². The van der Waals surface area contributed by atoms with Gasteiger partial charge in [0.2, 0.25) is 0 Å². The lowest BCUT2D eigenvalue weighted by Gasteiger charge is -2.05. The summed E-state index contributed by atoms with van der Waals surface area (Å²) in [5.41, 5.74) is 0.829. The summed E-state index contributed by atoms with van der Waals surface area (Å²) in [6, 6.07) is 4.55. The van der Waals surface area contributed by atoms with Gasteiger partial charge in [-0.05, 0) is 13.0 Å². The number of hydrogen-bond donors (Lipinski definition) is 1. The van der Waals surface area contributed by atoms with Gasteiger partial charge >= 0.3 is 0 Å². The Morgan fingerprint density at radius 3 is 3.00 bits per heavy atom. The van der Waals surface area contributed by atoms with Gasteiger partial charge in [-0.25, -0.2) is 0 Å². The first kappa shape index (κ1) is 10.6. The molecule has 0 aliphatic rings. The summed E-state index contributed by atoms with van der Waals surface area (Å²) in [5, 5.41) is 24.6. The van der Waals surface area contributed by atoms with Crippen LogP contribution in [0.15, 0.2) is 24.4 Å². The number of non-ortho nitro benzene ring substituents is 1. The Kier molecular flexibility index (Phi) is 2.57. The highest BCUT2D eigenvalue weighted by Crippen LogP contribution is 2.20. The fraction of sp³-hybridized carbons (Fsp3) is 0.300. The second-order valence-corrected chi connectivity index (χ2v) is 3.68. The fourth-order valence-corrected chi connectivity index (χ4v) is 1.58. The number of rotatable bonds is 3. The van der Waals surface area contributed by atoms with Crippen LogP contribution in [0.3, 0.4) is 0 Å². The summed E-state index contributed by atoms with van der Waals surface area (Å²) >= 11 is 0. The van der Waals surface area contributed by atoms with Gasteiger partial charge in [0.1, 0.15) is 0 Å². The summed E-state index contributed by atoms with van der Waals surface area (Å²) in [4.78, 5) is 10.1. The Labute approximate surface area is 91.3 Å². The number of aliphatic hydroxyl groups excluding tert-OH is 1. The zero-order chi connectivity index (χ0) is 11.7. The maximum atomic E-state index is 10.6. The van der Waals surface area contributed by atoms with E-state index in [9.17, 15) is 15.2 Å². The first-order chi connectivity index (χ1) is 7.58. The van der Waals surface area contributed by atoms with E-state index in [4.69, 9.17) is 0 Å². The number of nitrogens with zero attached hydrogens (tertiary/aromatic N) is 3. The maximum Gasteiger partial charge on any atom is 0.270 e. The zero-order valence-corrected chi connectivity index (χ0v) is 8.70. The number of aliphatic hydroxyl groups is 1. The van der Waals surface area contributed by atoms with Crippen LogP contribution < -0.4 is 0 Å². The molecule has 6 heteroatoms. The van der Waals surface area contributed by atoms with Crippen LogP contribution >= 0.6 is 0 Å². The van der Waals surface area contributed by atoms with Crippen LogP contribution in [0.4, 0.5) is 5.69 Å². The molecule has 2 aromatic rings. The molecular weight excluding hydrogens is 210 g/mol. The summed E-state index contributed by atoms with van der Waals surface area (Å²) in [6.07, 6.45) is 1.06. The maximum absolute atomic E-state index is 10.6. The summed E-state index contributed by atoms with van der Waals surface area (Å²) in [6.45, 7) is 2.04. The molecule has 16 heavy (non-hydrogen) atoms. The molecule has 84 valence electrons. The average Bonchev–Trinajstić information content (AvgIpc) is 2.60. The molecular formula is C10H11N3O3. The molecule has 6 nitrogen and oxygen atoms in total. The third kappa shape index (κ3) is 1.87. The van der Waals surface area contributed by atoms with Crippen molar-refractivity contribution in [1.82, 2.24) is 9.78 Å². The number of fused-ring (bicyclic) bond motifs is 1. The lowest BCUT2D eigenvalue weighted by atomic mass is 10.2. The van der Waals surface area contributed by atoms with Gasteiger partial charge in [-0.3, -0.25) is 14.8 Å². The van der Waals surface area contributed by atoms with Crippen LogP contribution in [-0.4, -0.2) is 25.9 Å². The van der Waals surface area contributed by atoms with Gasteiger partial charge in [-0.1, -0.05) is 0 Å². The van der Waals surface area contributed by atoms with Crippen molar-refractivity contribution in [2.75, 3.05) is 0 Å². The van der Waals surface area contributed by atoms with Gasteiger partial charge in [-0.2, -0.15) is 5.10 Å². The monoisotopic (exact) mass is 221 g/mol. The van der Waals surface area contributed by atoms with Crippen molar-refractivity contribution in [3.63, 3.8) is 0 Å².